The molecule has 3 aromatic rings. The predicted molar refractivity (Wildman–Crippen MR) is 99.5 cm³/mol. The fourth-order valence-electron chi connectivity index (χ4n) is 3.55. The summed E-state index contributed by atoms with van der Waals surface area (Å²) in [5.74, 6) is -3.00. The lowest BCUT2D eigenvalue weighted by Gasteiger charge is -2.39. The molecule has 0 saturated carbocycles. The number of anilines is 1. The number of rotatable bonds is 3. The average molecular weight is 373 g/mol. The molecular weight excluding hydrogens is 352 g/mol. The van der Waals surface area contributed by atoms with Crippen molar-refractivity contribution in [1.29, 1.82) is 0 Å². The van der Waals surface area contributed by atoms with Gasteiger partial charge in [-0.2, -0.15) is 5.10 Å². The number of methoxy groups -OCH3 is 1. The molecule has 0 aliphatic carbocycles. The summed E-state index contributed by atoms with van der Waals surface area (Å²) in [6.45, 7) is 3.93. The fourth-order valence-corrected chi connectivity index (χ4v) is 3.55. The monoisotopic (exact) mass is 373 g/mol. The highest BCUT2D eigenvalue weighted by atomic mass is 19.1. The van der Waals surface area contributed by atoms with Gasteiger partial charge in [0.15, 0.2) is 17.4 Å². The highest BCUT2D eigenvalue weighted by Gasteiger charge is 2.29. The van der Waals surface area contributed by atoms with Crippen molar-refractivity contribution >= 4 is 16.6 Å². The Bertz CT molecular complexity index is 977. The van der Waals surface area contributed by atoms with Crippen molar-refractivity contribution in [3.05, 3.63) is 48.2 Å². The standard InChI is InChI=1S/C20H21F2N3O2/c1-20(27-2)7-9-24(10-8-20)14-3-5-15(6-4-14)25-18-13(12-23-25)11-16(21)19(26)17(18)22/h3-6,11-12,26H,7-10H2,1-2H3. The molecule has 0 spiro atoms. The minimum Gasteiger partial charge on any atom is -0.503 e. The van der Waals surface area contributed by atoms with Crippen molar-refractivity contribution in [1.82, 2.24) is 9.78 Å². The van der Waals surface area contributed by atoms with E-state index in [0.717, 1.165) is 37.7 Å². The second-order valence-corrected chi connectivity index (χ2v) is 7.17. The number of benzene rings is 2. The number of aromatic hydroxyl groups is 1. The summed E-state index contributed by atoms with van der Waals surface area (Å²) < 4.78 is 34.8. The number of hydrogen-bond donors (Lipinski definition) is 1. The van der Waals surface area contributed by atoms with Crippen LogP contribution in [-0.4, -0.2) is 40.7 Å². The van der Waals surface area contributed by atoms with E-state index in [0.29, 0.717) is 11.1 Å². The van der Waals surface area contributed by atoms with Crippen LogP contribution in [0.3, 0.4) is 0 Å². The minimum atomic E-state index is -1.01. The molecule has 5 nitrogen and oxygen atoms in total. The lowest BCUT2D eigenvalue weighted by molar-refractivity contribution is -0.0132. The SMILES string of the molecule is COC1(C)CCN(c2ccc(-n3ncc4cc(F)c(O)c(F)c43)cc2)CC1. The quantitative estimate of drug-likeness (QED) is 0.754. The topological polar surface area (TPSA) is 50.5 Å². The van der Waals surface area contributed by atoms with Crippen molar-refractivity contribution in [2.45, 2.75) is 25.4 Å². The third kappa shape index (κ3) is 3.02. The first-order valence-corrected chi connectivity index (χ1v) is 8.87. The molecule has 2 heterocycles. The van der Waals surface area contributed by atoms with Gasteiger partial charge in [0, 0.05) is 31.3 Å². The summed E-state index contributed by atoms with van der Waals surface area (Å²) >= 11 is 0. The third-order valence-electron chi connectivity index (χ3n) is 5.50. The lowest BCUT2D eigenvalue weighted by atomic mass is 9.93. The largest absolute Gasteiger partial charge is 0.503 e. The van der Waals surface area contributed by atoms with Gasteiger partial charge in [-0.3, -0.25) is 0 Å². The number of hydrogen-bond acceptors (Lipinski definition) is 4. The van der Waals surface area contributed by atoms with Crippen LogP contribution in [0.2, 0.25) is 0 Å². The molecule has 0 radical (unpaired) electrons. The van der Waals surface area contributed by atoms with Gasteiger partial charge < -0.3 is 14.7 Å². The van der Waals surface area contributed by atoms with E-state index in [2.05, 4.69) is 16.9 Å². The van der Waals surface area contributed by atoms with Crippen molar-refractivity contribution in [2.24, 2.45) is 0 Å². The lowest BCUT2D eigenvalue weighted by Crippen LogP contribution is -2.43. The van der Waals surface area contributed by atoms with Crippen LogP contribution >= 0.6 is 0 Å². The third-order valence-corrected chi connectivity index (χ3v) is 5.50. The second kappa shape index (κ2) is 6.49. The van der Waals surface area contributed by atoms with Gasteiger partial charge in [0.1, 0.15) is 5.52 Å². The molecule has 4 rings (SSSR count). The number of phenolic OH excluding ortho intramolecular Hbond substituents is 1. The van der Waals surface area contributed by atoms with Crippen molar-refractivity contribution in [3.63, 3.8) is 0 Å². The molecule has 142 valence electrons. The number of halogens is 2. The van der Waals surface area contributed by atoms with E-state index >= 15 is 0 Å². The first-order chi connectivity index (χ1) is 12.9. The number of nitrogens with zero attached hydrogens (tertiary/aromatic N) is 3. The molecule has 1 aliphatic rings. The Morgan fingerprint density at radius 3 is 2.37 bits per heavy atom. The molecular formula is C20H21F2N3O2. The maximum atomic E-state index is 14.3. The fraction of sp³-hybridized carbons (Fsp3) is 0.350. The molecule has 1 aromatic heterocycles. The van der Waals surface area contributed by atoms with Crippen LogP contribution in [0.5, 0.6) is 5.75 Å². The number of phenols is 1. The number of ether oxygens (including phenoxy) is 1. The van der Waals surface area contributed by atoms with E-state index in [1.807, 2.05) is 24.3 Å². The summed E-state index contributed by atoms with van der Waals surface area (Å²) in [5, 5.41) is 14.0. The Morgan fingerprint density at radius 2 is 1.74 bits per heavy atom. The van der Waals surface area contributed by atoms with Gasteiger partial charge in [0.05, 0.1) is 17.5 Å². The number of aromatic nitrogens is 2. The Kier molecular flexibility index (Phi) is 4.26. The minimum absolute atomic E-state index is 0.0514. The molecule has 0 bridgehead atoms. The summed E-state index contributed by atoms with van der Waals surface area (Å²) in [5.41, 5.74) is 1.69. The zero-order valence-corrected chi connectivity index (χ0v) is 15.2. The van der Waals surface area contributed by atoms with Gasteiger partial charge in [0.2, 0.25) is 0 Å². The van der Waals surface area contributed by atoms with Crippen LogP contribution in [0.15, 0.2) is 36.5 Å². The van der Waals surface area contributed by atoms with E-state index in [1.165, 1.54) is 10.9 Å². The molecule has 27 heavy (non-hydrogen) atoms. The maximum absolute atomic E-state index is 14.3. The molecule has 1 aliphatic heterocycles. The van der Waals surface area contributed by atoms with Gasteiger partial charge in [-0.1, -0.05) is 0 Å². The van der Waals surface area contributed by atoms with Crippen molar-refractivity contribution in [3.8, 4) is 11.4 Å². The molecule has 7 heteroatoms. The highest BCUT2D eigenvalue weighted by Crippen LogP contribution is 2.32. The first-order valence-electron chi connectivity index (χ1n) is 8.87. The van der Waals surface area contributed by atoms with Gasteiger partial charge in [-0.15, -0.1) is 0 Å². The molecule has 0 atom stereocenters. The van der Waals surface area contributed by atoms with E-state index in [9.17, 15) is 13.9 Å². The summed E-state index contributed by atoms with van der Waals surface area (Å²) in [7, 11) is 1.75. The zero-order valence-electron chi connectivity index (χ0n) is 15.2. The smallest absolute Gasteiger partial charge is 0.194 e. The molecule has 1 saturated heterocycles. The van der Waals surface area contributed by atoms with Crippen LogP contribution in [0.25, 0.3) is 16.6 Å². The molecule has 0 amide bonds. The van der Waals surface area contributed by atoms with Crippen LogP contribution < -0.4 is 4.90 Å². The average Bonchev–Trinajstić information content (AvgIpc) is 3.11. The van der Waals surface area contributed by atoms with E-state index in [1.54, 1.807) is 7.11 Å². The van der Waals surface area contributed by atoms with Crippen molar-refractivity contribution < 1.29 is 18.6 Å². The van der Waals surface area contributed by atoms with E-state index in [-0.39, 0.29) is 11.1 Å². The van der Waals surface area contributed by atoms with Gasteiger partial charge in [0.25, 0.3) is 0 Å². The Hall–Kier alpha value is -2.67. The normalized spacial score (nSPS) is 16.8. The molecule has 2 aromatic carbocycles. The van der Waals surface area contributed by atoms with Crippen molar-refractivity contribution in [2.75, 3.05) is 25.1 Å². The highest BCUT2D eigenvalue weighted by molar-refractivity contribution is 5.82. The Labute approximate surface area is 155 Å². The first kappa shape index (κ1) is 17.7. The second-order valence-electron chi connectivity index (χ2n) is 7.17. The van der Waals surface area contributed by atoms with E-state index < -0.39 is 17.4 Å². The van der Waals surface area contributed by atoms with Crippen LogP contribution in [-0.2, 0) is 4.74 Å². The molecule has 1 fully saturated rings. The predicted octanol–water partition coefficient (Wildman–Crippen LogP) is 4.01. The summed E-state index contributed by atoms with van der Waals surface area (Å²) in [6, 6.07) is 8.67. The zero-order chi connectivity index (χ0) is 19.2. The van der Waals surface area contributed by atoms with Gasteiger partial charge in [-0.25, -0.2) is 13.5 Å². The summed E-state index contributed by atoms with van der Waals surface area (Å²) in [4.78, 5) is 2.29. The van der Waals surface area contributed by atoms with E-state index in [4.69, 9.17) is 4.74 Å². The molecule has 1 N–H and O–H groups in total. The number of fused-ring (bicyclic) bond motifs is 1. The van der Waals surface area contributed by atoms with Gasteiger partial charge in [-0.05, 0) is 50.1 Å². The number of piperidine rings is 1. The van der Waals surface area contributed by atoms with Crippen LogP contribution in [0.4, 0.5) is 14.5 Å². The molecule has 0 unspecified atom stereocenters. The van der Waals surface area contributed by atoms with Crippen LogP contribution in [0, 0.1) is 11.6 Å². The maximum Gasteiger partial charge on any atom is 0.194 e. The van der Waals surface area contributed by atoms with Crippen LogP contribution in [0.1, 0.15) is 19.8 Å². The van der Waals surface area contributed by atoms with Gasteiger partial charge >= 0.3 is 0 Å². The Morgan fingerprint density at radius 1 is 1.11 bits per heavy atom. The Balaban J connectivity index is 1.62. The summed E-state index contributed by atoms with van der Waals surface area (Å²) in [6.07, 6.45) is 3.28.